The molecule has 1 rings (SSSR count). The second-order valence-electron chi connectivity index (χ2n) is 3.59. The zero-order valence-electron chi connectivity index (χ0n) is 10.4. The van der Waals surface area contributed by atoms with Crippen molar-refractivity contribution in [2.24, 2.45) is 4.99 Å². The highest BCUT2D eigenvalue weighted by molar-refractivity contribution is 8.78. The van der Waals surface area contributed by atoms with Crippen LogP contribution in [0.3, 0.4) is 0 Å². The average molecular weight is 279 g/mol. The molecule has 1 aromatic carbocycles. The molecule has 0 unspecified atom stereocenters. The van der Waals surface area contributed by atoms with Gasteiger partial charge in [0, 0.05) is 11.5 Å². The summed E-state index contributed by atoms with van der Waals surface area (Å²) >= 11 is 0. The highest BCUT2D eigenvalue weighted by atomic mass is 33.1. The lowest BCUT2D eigenvalue weighted by Gasteiger charge is -2.10. The zero-order valence-corrected chi connectivity index (χ0v) is 12.1. The van der Waals surface area contributed by atoms with Gasteiger partial charge < -0.3 is 5.11 Å². The van der Waals surface area contributed by atoms with Crippen molar-refractivity contribution in [3.63, 3.8) is 0 Å². The van der Waals surface area contributed by atoms with E-state index in [-0.39, 0.29) is 6.61 Å². The first-order chi connectivity index (χ1) is 8.72. The van der Waals surface area contributed by atoms with E-state index >= 15 is 0 Å². The molecule has 0 spiro atoms. The summed E-state index contributed by atoms with van der Waals surface area (Å²) in [5, 5.41) is 9.93. The number of aryl methyl sites for hydroxylation is 1. The van der Waals surface area contributed by atoms with Gasteiger partial charge in [-0.05, 0) is 54.1 Å². The fourth-order valence-corrected chi connectivity index (χ4v) is 3.68. The van der Waals surface area contributed by atoms with Crippen molar-refractivity contribution in [1.29, 1.82) is 0 Å². The number of nitrogens with zero attached hydrogens (tertiary/aromatic N) is 1. The maximum Gasteiger partial charge on any atom is 0.106 e. The average Bonchev–Trinajstić information content (AvgIpc) is 2.38. The third-order valence-electron chi connectivity index (χ3n) is 2.36. The second-order valence-corrected chi connectivity index (χ2v) is 5.78. The van der Waals surface area contributed by atoms with Gasteiger partial charge in [-0.15, -0.1) is 0 Å². The predicted molar refractivity (Wildman–Crippen MR) is 83.2 cm³/mol. The number of benzene rings is 1. The summed E-state index contributed by atoms with van der Waals surface area (Å²) < 4.78 is 0. The quantitative estimate of drug-likeness (QED) is 0.465. The van der Waals surface area contributed by atoms with Gasteiger partial charge in [-0.1, -0.05) is 35.6 Å². The Labute approximate surface area is 116 Å². The van der Waals surface area contributed by atoms with Crippen LogP contribution in [-0.2, 0) is 6.42 Å². The smallest absolute Gasteiger partial charge is 0.106 e. The Morgan fingerprint density at radius 2 is 2.28 bits per heavy atom. The van der Waals surface area contributed by atoms with Crippen molar-refractivity contribution in [3.05, 3.63) is 53.1 Å². The number of aliphatic hydroxyl groups excluding tert-OH is 1. The van der Waals surface area contributed by atoms with Crippen molar-refractivity contribution < 1.29 is 5.11 Å². The van der Waals surface area contributed by atoms with Crippen LogP contribution in [0.25, 0.3) is 0 Å². The van der Waals surface area contributed by atoms with Crippen LogP contribution in [0.4, 0.5) is 0 Å². The van der Waals surface area contributed by atoms with Gasteiger partial charge in [0.05, 0.1) is 0 Å². The van der Waals surface area contributed by atoms with E-state index in [4.69, 9.17) is 5.11 Å². The minimum atomic E-state index is 0.165. The number of allylic oxidation sites excluding steroid dienone is 2. The van der Waals surface area contributed by atoms with E-state index in [1.165, 1.54) is 11.1 Å². The molecule has 0 saturated heterocycles. The number of aliphatic hydroxyl groups is 1. The van der Waals surface area contributed by atoms with Crippen LogP contribution in [0.5, 0.6) is 0 Å². The van der Waals surface area contributed by atoms with E-state index < -0.39 is 0 Å². The molecule has 1 N–H and O–H groups in total. The molecule has 0 bridgehead atoms. The summed E-state index contributed by atoms with van der Waals surface area (Å²) in [5.41, 5.74) is 2.40. The third-order valence-corrected chi connectivity index (χ3v) is 4.74. The lowest BCUT2D eigenvalue weighted by Crippen LogP contribution is -1.96. The predicted octanol–water partition coefficient (Wildman–Crippen LogP) is 4.00. The molecule has 0 heterocycles. The van der Waals surface area contributed by atoms with E-state index in [9.17, 15) is 0 Å². The summed E-state index contributed by atoms with van der Waals surface area (Å²) in [6.07, 6.45) is 4.20. The van der Waals surface area contributed by atoms with Gasteiger partial charge in [-0.25, -0.2) is 0 Å². The summed E-state index contributed by atoms with van der Waals surface area (Å²) in [5.74, 6) is 0. The maximum atomic E-state index is 9.11. The zero-order chi connectivity index (χ0) is 13.4. The molecule has 0 radical (unpaired) electrons. The normalized spacial score (nSPS) is 11.3. The molecule has 0 atom stereocenters. The summed E-state index contributed by atoms with van der Waals surface area (Å²) in [6.45, 7) is 9.40. The number of rotatable bonds is 7. The molecule has 18 heavy (non-hydrogen) atoms. The van der Waals surface area contributed by atoms with Gasteiger partial charge in [0.1, 0.15) is 5.03 Å². The SMILES string of the molecule is C=CC=C(N=C)SSc1cccc(C)c1CCO. The number of hydrogen-bond donors (Lipinski definition) is 1. The van der Waals surface area contributed by atoms with Gasteiger partial charge in [-0.2, -0.15) is 0 Å². The minimum absolute atomic E-state index is 0.165. The third kappa shape index (κ3) is 4.37. The fourth-order valence-electron chi connectivity index (χ4n) is 1.48. The van der Waals surface area contributed by atoms with Crippen LogP contribution < -0.4 is 0 Å². The van der Waals surface area contributed by atoms with E-state index in [0.717, 1.165) is 9.92 Å². The topological polar surface area (TPSA) is 32.6 Å². The van der Waals surface area contributed by atoms with Crippen LogP contribution in [0, 0.1) is 6.92 Å². The van der Waals surface area contributed by atoms with Gasteiger partial charge in [0.2, 0.25) is 0 Å². The van der Waals surface area contributed by atoms with Crippen molar-refractivity contribution in [3.8, 4) is 0 Å². The Kier molecular flexibility index (Phi) is 6.86. The Morgan fingerprint density at radius 3 is 2.89 bits per heavy atom. The van der Waals surface area contributed by atoms with Crippen LogP contribution >= 0.6 is 21.6 Å². The standard InChI is InChI=1S/C14H17NOS2/c1-4-6-14(15-3)18-17-13-8-5-7-11(2)12(13)9-10-16/h4-8,16H,1,3,9-10H2,2H3. The molecular weight excluding hydrogens is 262 g/mol. The lowest BCUT2D eigenvalue weighted by atomic mass is 10.1. The van der Waals surface area contributed by atoms with E-state index in [1.807, 2.05) is 12.1 Å². The highest BCUT2D eigenvalue weighted by Gasteiger charge is 2.07. The van der Waals surface area contributed by atoms with Crippen molar-refractivity contribution in [2.45, 2.75) is 18.2 Å². The van der Waals surface area contributed by atoms with Crippen LogP contribution in [-0.4, -0.2) is 18.4 Å². The largest absolute Gasteiger partial charge is 0.396 e. The first kappa shape index (κ1) is 15.1. The lowest BCUT2D eigenvalue weighted by molar-refractivity contribution is 0.298. The van der Waals surface area contributed by atoms with Crippen LogP contribution in [0.15, 0.2) is 51.8 Å². The summed E-state index contributed by atoms with van der Waals surface area (Å²) in [4.78, 5) is 5.08. The molecule has 2 nitrogen and oxygen atoms in total. The summed E-state index contributed by atoms with van der Waals surface area (Å²) in [7, 11) is 3.17. The maximum absolute atomic E-state index is 9.11. The summed E-state index contributed by atoms with van der Waals surface area (Å²) in [6, 6.07) is 6.15. The Morgan fingerprint density at radius 1 is 1.50 bits per heavy atom. The molecule has 0 aliphatic carbocycles. The second kappa shape index (κ2) is 8.19. The molecule has 0 amide bonds. The van der Waals surface area contributed by atoms with Crippen molar-refractivity contribution >= 4 is 28.3 Å². The van der Waals surface area contributed by atoms with Gasteiger partial charge in [0.25, 0.3) is 0 Å². The molecule has 0 fully saturated rings. The number of hydrogen-bond acceptors (Lipinski definition) is 4. The van der Waals surface area contributed by atoms with E-state index in [0.29, 0.717) is 6.42 Å². The minimum Gasteiger partial charge on any atom is -0.396 e. The van der Waals surface area contributed by atoms with Gasteiger partial charge in [0.15, 0.2) is 0 Å². The van der Waals surface area contributed by atoms with Crippen LogP contribution in [0.2, 0.25) is 0 Å². The molecule has 0 saturated carbocycles. The molecular formula is C14H17NOS2. The number of aliphatic imine (C=N–C) groups is 1. The Hall–Kier alpha value is -0.970. The van der Waals surface area contributed by atoms with Gasteiger partial charge in [-0.3, -0.25) is 4.99 Å². The van der Waals surface area contributed by atoms with Crippen molar-refractivity contribution in [1.82, 2.24) is 0 Å². The molecule has 96 valence electrons. The van der Waals surface area contributed by atoms with Gasteiger partial charge >= 0.3 is 0 Å². The molecule has 4 heteroatoms. The Balaban J connectivity index is 2.84. The fraction of sp³-hybridized carbons (Fsp3) is 0.214. The molecule has 1 aromatic rings. The van der Waals surface area contributed by atoms with Crippen LogP contribution in [0.1, 0.15) is 11.1 Å². The molecule has 0 aliphatic rings. The Bertz CT molecular complexity index is 455. The van der Waals surface area contributed by atoms with E-state index in [1.54, 1.807) is 27.7 Å². The first-order valence-corrected chi connectivity index (χ1v) is 7.71. The molecule has 0 aromatic heterocycles. The molecule has 0 aliphatic heterocycles. The monoisotopic (exact) mass is 279 g/mol. The highest BCUT2D eigenvalue weighted by Crippen LogP contribution is 2.39. The van der Waals surface area contributed by atoms with Crippen molar-refractivity contribution in [2.75, 3.05) is 6.61 Å². The van der Waals surface area contributed by atoms with E-state index in [2.05, 4.69) is 37.3 Å². The first-order valence-electron chi connectivity index (χ1n) is 5.56.